The lowest BCUT2D eigenvalue weighted by Crippen LogP contribution is -2.19. The second kappa shape index (κ2) is 6.26. The van der Waals surface area contributed by atoms with Gasteiger partial charge < -0.3 is 10.1 Å². The zero-order valence-corrected chi connectivity index (χ0v) is 11.3. The van der Waals surface area contributed by atoms with Gasteiger partial charge >= 0.3 is 0 Å². The fourth-order valence-electron chi connectivity index (χ4n) is 1.42. The Balaban J connectivity index is 3.35. The molecule has 0 aliphatic rings. The van der Waals surface area contributed by atoms with Crippen LogP contribution in [0.25, 0.3) is 0 Å². The van der Waals surface area contributed by atoms with Crippen molar-refractivity contribution in [3.63, 3.8) is 0 Å². The summed E-state index contributed by atoms with van der Waals surface area (Å²) in [5.74, 6) is 0.242. The Morgan fingerprint density at radius 1 is 1.59 bits per heavy atom. The van der Waals surface area contributed by atoms with Crippen molar-refractivity contribution in [2.24, 2.45) is 0 Å². The molecule has 0 unspecified atom stereocenters. The fourth-order valence-corrected chi connectivity index (χ4v) is 1.89. The quantitative estimate of drug-likeness (QED) is 0.867. The van der Waals surface area contributed by atoms with Gasteiger partial charge in [0.2, 0.25) is 0 Å². The summed E-state index contributed by atoms with van der Waals surface area (Å²) < 4.78 is 5.41. The second-order valence-electron chi connectivity index (χ2n) is 3.26. The lowest BCUT2D eigenvalue weighted by molar-refractivity contribution is 0.0959. The van der Waals surface area contributed by atoms with E-state index in [1.807, 2.05) is 6.92 Å². The summed E-state index contributed by atoms with van der Waals surface area (Å²) in [6, 6.07) is 5.35. The third-order valence-corrected chi connectivity index (χ3v) is 2.85. The van der Waals surface area contributed by atoms with E-state index in [1.165, 1.54) is 0 Å². The highest BCUT2D eigenvalue weighted by Crippen LogP contribution is 2.25. The first-order valence-electron chi connectivity index (χ1n) is 5.15. The molecule has 0 aliphatic heterocycles. The van der Waals surface area contributed by atoms with Crippen LogP contribution in [0.15, 0.2) is 12.1 Å². The van der Waals surface area contributed by atoms with Gasteiger partial charge in [0.25, 0.3) is 5.91 Å². The summed E-state index contributed by atoms with van der Waals surface area (Å²) in [6.45, 7) is 2.32. The zero-order valence-electron chi connectivity index (χ0n) is 9.71. The molecular weight excluding hydrogens is 284 g/mol. The number of carbonyl (C=O) groups is 1. The van der Waals surface area contributed by atoms with E-state index in [2.05, 4.69) is 27.3 Å². The summed E-state index contributed by atoms with van der Waals surface area (Å²) in [4.78, 5) is 11.7. The number of carbonyl (C=O) groups excluding carboxylic acids is 1. The van der Waals surface area contributed by atoms with Crippen molar-refractivity contribution in [1.29, 1.82) is 5.26 Å². The molecule has 0 bridgehead atoms. The molecule has 5 heteroatoms. The van der Waals surface area contributed by atoms with Gasteiger partial charge in [-0.15, -0.1) is 0 Å². The summed E-state index contributed by atoms with van der Waals surface area (Å²) in [6.07, 6.45) is 0. The lowest BCUT2D eigenvalue weighted by Gasteiger charge is -2.11. The van der Waals surface area contributed by atoms with E-state index in [0.717, 1.165) is 5.56 Å². The molecular formula is C12H13BrN2O2. The number of nitrogens with one attached hydrogen (secondary N) is 1. The van der Waals surface area contributed by atoms with E-state index in [9.17, 15) is 4.79 Å². The van der Waals surface area contributed by atoms with E-state index < -0.39 is 0 Å². The number of halogens is 1. The molecule has 1 rings (SSSR count). The SMILES string of the molecule is CCOc1cc(CBr)c(C#N)cc1C(=O)NC. The molecule has 4 nitrogen and oxygen atoms in total. The van der Waals surface area contributed by atoms with Crippen molar-refractivity contribution in [3.8, 4) is 11.8 Å². The van der Waals surface area contributed by atoms with Crippen molar-refractivity contribution in [2.75, 3.05) is 13.7 Å². The van der Waals surface area contributed by atoms with Crippen LogP contribution in [-0.4, -0.2) is 19.6 Å². The highest BCUT2D eigenvalue weighted by Gasteiger charge is 2.15. The average Bonchev–Trinajstić information content (AvgIpc) is 2.37. The minimum Gasteiger partial charge on any atom is -0.493 e. The topological polar surface area (TPSA) is 62.1 Å². The van der Waals surface area contributed by atoms with Gasteiger partial charge in [-0.25, -0.2) is 0 Å². The number of nitrogens with zero attached hydrogens (tertiary/aromatic N) is 1. The van der Waals surface area contributed by atoms with Crippen LogP contribution < -0.4 is 10.1 Å². The third-order valence-electron chi connectivity index (χ3n) is 2.24. The Kier molecular flexibility index (Phi) is 4.98. The first kappa shape index (κ1) is 13.5. The maximum atomic E-state index is 11.7. The second-order valence-corrected chi connectivity index (χ2v) is 3.82. The van der Waals surface area contributed by atoms with E-state index >= 15 is 0 Å². The number of rotatable bonds is 4. The maximum absolute atomic E-state index is 11.7. The number of nitriles is 1. The molecule has 0 aromatic heterocycles. The average molecular weight is 297 g/mol. The molecule has 0 spiro atoms. The molecule has 0 saturated heterocycles. The number of benzene rings is 1. The lowest BCUT2D eigenvalue weighted by atomic mass is 10.0. The van der Waals surface area contributed by atoms with Crippen LogP contribution in [0.5, 0.6) is 5.75 Å². The summed E-state index contributed by atoms with van der Waals surface area (Å²) in [7, 11) is 1.54. The van der Waals surface area contributed by atoms with Crippen LogP contribution in [0, 0.1) is 11.3 Å². The third kappa shape index (κ3) is 2.98. The standard InChI is InChI=1S/C12H13BrN2O2/c1-3-17-11-5-8(6-13)9(7-14)4-10(11)12(16)15-2/h4-5H,3,6H2,1-2H3,(H,15,16). The predicted molar refractivity (Wildman–Crippen MR) is 68.3 cm³/mol. The molecule has 0 atom stereocenters. The Morgan fingerprint density at radius 3 is 2.76 bits per heavy atom. The Hall–Kier alpha value is -1.54. The van der Waals surface area contributed by atoms with E-state index in [0.29, 0.717) is 28.8 Å². The van der Waals surface area contributed by atoms with Gasteiger partial charge in [-0.05, 0) is 24.6 Å². The Morgan fingerprint density at radius 2 is 2.29 bits per heavy atom. The molecule has 17 heavy (non-hydrogen) atoms. The highest BCUT2D eigenvalue weighted by atomic mass is 79.9. The van der Waals surface area contributed by atoms with Crippen molar-refractivity contribution in [1.82, 2.24) is 5.32 Å². The van der Waals surface area contributed by atoms with Crippen LogP contribution >= 0.6 is 15.9 Å². The van der Waals surface area contributed by atoms with Gasteiger partial charge in [-0.3, -0.25) is 4.79 Å². The molecule has 1 N–H and O–H groups in total. The van der Waals surface area contributed by atoms with Gasteiger partial charge in [-0.1, -0.05) is 15.9 Å². The number of amides is 1. The minimum absolute atomic E-state index is 0.258. The monoisotopic (exact) mass is 296 g/mol. The first-order chi connectivity index (χ1) is 8.17. The van der Waals surface area contributed by atoms with Crippen LogP contribution in [0.4, 0.5) is 0 Å². The number of alkyl halides is 1. The van der Waals surface area contributed by atoms with E-state index in [1.54, 1.807) is 19.2 Å². The molecule has 0 radical (unpaired) electrons. The highest BCUT2D eigenvalue weighted by molar-refractivity contribution is 9.08. The Bertz CT molecular complexity index is 466. The maximum Gasteiger partial charge on any atom is 0.254 e. The molecule has 1 amide bonds. The number of ether oxygens (including phenoxy) is 1. The van der Waals surface area contributed by atoms with Crippen molar-refractivity contribution in [3.05, 3.63) is 28.8 Å². The van der Waals surface area contributed by atoms with Crippen LogP contribution in [0.1, 0.15) is 28.4 Å². The first-order valence-corrected chi connectivity index (χ1v) is 6.27. The number of hydrogen-bond donors (Lipinski definition) is 1. The fraction of sp³-hybridized carbons (Fsp3) is 0.333. The minimum atomic E-state index is -0.258. The van der Waals surface area contributed by atoms with Gasteiger partial charge in [0.15, 0.2) is 0 Å². The van der Waals surface area contributed by atoms with Crippen molar-refractivity contribution >= 4 is 21.8 Å². The molecule has 90 valence electrons. The molecule has 0 heterocycles. The van der Waals surface area contributed by atoms with E-state index in [-0.39, 0.29) is 5.91 Å². The summed E-state index contributed by atoms with van der Waals surface area (Å²) in [5, 5.41) is 12.1. The Labute approximate surface area is 109 Å². The largest absolute Gasteiger partial charge is 0.493 e. The van der Waals surface area contributed by atoms with Crippen molar-refractivity contribution in [2.45, 2.75) is 12.3 Å². The molecule has 1 aromatic rings. The van der Waals surface area contributed by atoms with Gasteiger partial charge in [0.1, 0.15) is 5.75 Å². The van der Waals surface area contributed by atoms with Gasteiger partial charge in [0.05, 0.1) is 23.8 Å². The normalized spacial score (nSPS) is 9.53. The smallest absolute Gasteiger partial charge is 0.254 e. The summed E-state index contributed by atoms with van der Waals surface area (Å²) in [5.41, 5.74) is 1.67. The molecule has 0 fully saturated rings. The van der Waals surface area contributed by atoms with Crippen LogP contribution in [0.2, 0.25) is 0 Å². The van der Waals surface area contributed by atoms with Crippen LogP contribution in [-0.2, 0) is 5.33 Å². The molecule has 0 saturated carbocycles. The van der Waals surface area contributed by atoms with E-state index in [4.69, 9.17) is 10.00 Å². The van der Waals surface area contributed by atoms with Crippen molar-refractivity contribution < 1.29 is 9.53 Å². The van der Waals surface area contributed by atoms with Crippen LogP contribution in [0.3, 0.4) is 0 Å². The van der Waals surface area contributed by atoms with Gasteiger partial charge in [-0.2, -0.15) is 5.26 Å². The molecule has 0 aliphatic carbocycles. The zero-order chi connectivity index (χ0) is 12.8. The van der Waals surface area contributed by atoms with Gasteiger partial charge in [0, 0.05) is 12.4 Å². The predicted octanol–water partition coefficient (Wildman–Crippen LogP) is 2.21. The summed E-state index contributed by atoms with van der Waals surface area (Å²) >= 11 is 3.31. The molecule has 1 aromatic carbocycles. The number of hydrogen-bond acceptors (Lipinski definition) is 3.